The Morgan fingerprint density at radius 2 is 2.24 bits per heavy atom. The number of nitrogens with zero attached hydrogens (tertiary/aromatic N) is 1. The molecule has 0 bridgehead atoms. The van der Waals surface area contributed by atoms with Crippen LogP contribution in [0.25, 0.3) is 11.1 Å². The van der Waals surface area contributed by atoms with Crippen LogP contribution in [0.1, 0.15) is 18.0 Å². The highest BCUT2D eigenvalue weighted by molar-refractivity contribution is 7.99. The topological polar surface area (TPSA) is 55.1 Å². The molecular formula is C18H15FN2O2S2. The lowest BCUT2D eigenvalue weighted by Crippen LogP contribution is -2.32. The normalized spacial score (nSPS) is 16.6. The second-order valence-electron chi connectivity index (χ2n) is 5.68. The molecule has 25 heavy (non-hydrogen) atoms. The number of oxazole rings is 1. The fraction of sp³-hybridized carbons (Fsp3) is 0.222. The maximum absolute atomic E-state index is 13.5. The van der Waals surface area contributed by atoms with Gasteiger partial charge in [0.25, 0.3) is 5.22 Å². The maximum Gasteiger partial charge on any atom is 0.257 e. The summed E-state index contributed by atoms with van der Waals surface area (Å²) in [6.45, 7) is 0. The summed E-state index contributed by atoms with van der Waals surface area (Å²) in [5, 5.41) is 3.47. The number of hydrogen-bond donors (Lipinski definition) is 1. The van der Waals surface area contributed by atoms with Crippen LogP contribution in [-0.4, -0.2) is 22.4 Å². The molecule has 1 aliphatic heterocycles. The van der Waals surface area contributed by atoms with E-state index < -0.39 is 0 Å². The highest BCUT2D eigenvalue weighted by atomic mass is 32.2. The van der Waals surface area contributed by atoms with Gasteiger partial charge in [-0.15, -0.1) is 11.8 Å². The van der Waals surface area contributed by atoms with Gasteiger partial charge in [-0.25, -0.2) is 9.37 Å². The number of hydrogen-bond acceptors (Lipinski definition) is 5. The van der Waals surface area contributed by atoms with Gasteiger partial charge in [0.2, 0.25) is 5.91 Å². The Balaban J connectivity index is 1.40. The standard InChI is InChI=1S/C18H15FN2O2S2/c19-11-5-6-16-12(9-11)13(7-8-24-16)20-17(22)10-25-18-21-14-3-1-2-4-15(14)23-18/h1-6,9,13H,7-8,10H2,(H,20,22). The molecule has 128 valence electrons. The van der Waals surface area contributed by atoms with Gasteiger partial charge in [-0.3, -0.25) is 4.79 Å². The molecule has 0 spiro atoms. The van der Waals surface area contributed by atoms with Crippen molar-refractivity contribution >= 4 is 40.5 Å². The molecule has 3 aromatic rings. The Morgan fingerprint density at radius 3 is 3.12 bits per heavy atom. The van der Waals surface area contributed by atoms with E-state index in [0.29, 0.717) is 10.8 Å². The number of fused-ring (bicyclic) bond motifs is 2. The van der Waals surface area contributed by atoms with E-state index in [0.717, 1.165) is 28.1 Å². The summed E-state index contributed by atoms with van der Waals surface area (Å²) in [7, 11) is 0. The summed E-state index contributed by atoms with van der Waals surface area (Å²) >= 11 is 2.95. The third-order valence-corrected chi connectivity index (χ3v) is 5.90. The minimum Gasteiger partial charge on any atom is -0.431 e. The molecule has 2 heterocycles. The zero-order valence-electron chi connectivity index (χ0n) is 13.2. The van der Waals surface area contributed by atoms with Crippen molar-refractivity contribution in [2.24, 2.45) is 0 Å². The van der Waals surface area contributed by atoms with Crippen molar-refractivity contribution in [1.29, 1.82) is 0 Å². The first-order valence-electron chi connectivity index (χ1n) is 7.89. The molecule has 1 aromatic heterocycles. The largest absolute Gasteiger partial charge is 0.431 e. The average molecular weight is 374 g/mol. The number of halogens is 1. The lowest BCUT2D eigenvalue weighted by atomic mass is 10.0. The SMILES string of the molecule is O=C(CSc1nc2ccccc2o1)NC1CCSc2ccc(F)cc21. The van der Waals surface area contributed by atoms with Crippen molar-refractivity contribution in [2.45, 2.75) is 22.6 Å². The zero-order chi connectivity index (χ0) is 17.2. The van der Waals surface area contributed by atoms with Crippen LogP contribution in [0.3, 0.4) is 0 Å². The third kappa shape index (κ3) is 3.67. The Kier molecular flexibility index (Phi) is 4.67. The van der Waals surface area contributed by atoms with E-state index in [1.54, 1.807) is 17.8 Å². The van der Waals surface area contributed by atoms with Crippen molar-refractivity contribution in [2.75, 3.05) is 11.5 Å². The molecule has 0 fully saturated rings. The Hall–Kier alpha value is -1.99. The van der Waals surface area contributed by atoms with Crippen LogP contribution >= 0.6 is 23.5 Å². The predicted molar refractivity (Wildman–Crippen MR) is 97.4 cm³/mol. The van der Waals surface area contributed by atoms with Gasteiger partial charge in [0.1, 0.15) is 11.3 Å². The quantitative estimate of drug-likeness (QED) is 0.686. The number of amides is 1. The summed E-state index contributed by atoms with van der Waals surface area (Å²) in [5.74, 6) is 0.726. The van der Waals surface area contributed by atoms with Crippen LogP contribution in [-0.2, 0) is 4.79 Å². The monoisotopic (exact) mass is 374 g/mol. The van der Waals surface area contributed by atoms with Crippen LogP contribution < -0.4 is 5.32 Å². The maximum atomic E-state index is 13.5. The molecule has 7 heteroatoms. The van der Waals surface area contributed by atoms with E-state index in [-0.39, 0.29) is 23.5 Å². The second kappa shape index (κ2) is 7.09. The van der Waals surface area contributed by atoms with Gasteiger partial charge >= 0.3 is 0 Å². The molecule has 1 N–H and O–H groups in total. The molecule has 1 amide bonds. The van der Waals surface area contributed by atoms with Crippen LogP contribution in [0.5, 0.6) is 0 Å². The molecule has 4 nitrogen and oxygen atoms in total. The zero-order valence-corrected chi connectivity index (χ0v) is 14.8. The molecule has 2 aromatic carbocycles. The number of nitrogens with one attached hydrogen (secondary N) is 1. The lowest BCUT2D eigenvalue weighted by Gasteiger charge is -2.25. The highest BCUT2D eigenvalue weighted by Crippen LogP contribution is 2.36. The van der Waals surface area contributed by atoms with E-state index in [4.69, 9.17) is 4.42 Å². The van der Waals surface area contributed by atoms with Gasteiger partial charge < -0.3 is 9.73 Å². The number of carbonyl (C=O) groups is 1. The Morgan fingerprint density at radius 1 is 1.36 bits per heavy atom. The van der Waals surface area contributed by atoms with Gasteiger partial charge in [0.15, 0.2) is 5.58 Å². The molecule has 0 radical (unpaired) electrons. The first-order valence-corrected chi connectivity index (χ1v) is 9.86. The van der Waals surface area contributed by atoms with Crippen LogP contribution in [0, 0.1) is 5.82 Å². The number of rotatable bonds is 4. The molecule has 0 aliphatic carbocycles. The number of benzene rings is 2. The van der Waals surface area contributed by atoms with Crippen LogP contribution in [0.4, 0.5) is 4.39 Å². The van der Waals surface area contributed by atoms with Gasteiger partial charge in [-0.05, 0) is 42.3 Å². The van der Waals surface area contributed by atoms with E-state index in [1.807, 2.05) is 24.3 Å². The highest BCUT2D eigenvalue weighted by Gasteiger charge is 2.23. The molecule has 0 saturated heterocycles. The van der Waals surface area contributed by atoms with Crippen LogP contribution in [0.2, 0.25) is 0 Å². The van der Waals surface area contributed by atoms with Crippen molar-refractivity contribution < 1.29 is 13.6 Å². The van der Waals surface area contributed by atoms with Crippen LogP contribution in [0.15, 0.2) is 57.0 Å². The molecule has 1 atom stereocenters. The molecular weight excluding hydrogens is 359 g/mol. The Bertz CT molecular complexity index is 895. The van der Waals surface area contributed by atoms with E-state index >= 15 is 0 Å². The first-order chi connectivity index (χ1) is 12.2. The van der Waals surface area contributed by atoms with Gasteiger partial charge in [-0.2, -0.15) is 0 Å². The number of thioether (sulfide) groups is 2. The van der Waals surface area contributed by atoms with Crippen molar-refractivity contribution in [3.63, 3.8) is 0 Å². The Labute approximate surface area is 152 Å². The van der Waals surface area contributed by atoms with E-state index in [9.17, 15) is 9.18 Å². The fourth-order valence-electron chi connectivity index (χ4n) is 2.79. The molecule has 1 aliphatic rings. The predicted octanol–water partition coefficient (Wildman–Crippen LogP) is 4.41. The number of carbonyl (C=O) groups excluding carboxylic acids is 1. The summed E-state index contributed by atoms with van der Waals surface area (Å²) < 4.78 is 19.1. The number of aromatic nitrogens is 1. The van der Waals surface area contributed by atoms with Crippen molar-refractivity contribution in [3.05, 3.63) is 53.8 Å². The van der Waals surface area contributed by atoms with E-state index in [1.165, 1.54) is 23.9 Å². The van der Waals surface area contributed by atoms with Crippen molar-refractivity contribution in [1.82, 2.24) is 10.3 Å². The summed E-state index contributed by atoms with van der Waals surface area (Å²) in [6, 6.07) is 12.1. The molecule has 4 rings (SSSR count). The molecule has 0 saturated carbocycles. The average Bonchev–Trinajstić information content (AvgIpc) is 3.03. The smallest absolute Gasteiger partial charge is 0.257 e. The minimum absolute atomic E-state index is 0.112. The van der Waals surface area contributed by atoms with Gasteiger partial charge in [0, 0.05) is 10.6 Å². The summed E-state index contributed by atoms with van der Waals surface area (Å²) in [4.78, 5) is 17.7. The van der Waals surface area contributed by atoms with Crippen molar-refractivity contribution in [3.8, 4) is 0 Å². The number of para-hydroxylation sites is 2. The van der Waals surface area contributed by atoms with Gasteiger partial charge in [-0.1, -0.05) is 23.9 Å². The lowest BCUT2D eigenvalue weighted by molar-refractivity contribution is -0.119. The second-order valence-corrected chi connectivity index (χ2v) is 7.74. The third-order valence-electron chi connectivity index (χ3n) is 3.95. The first kappa shape index (κ1) is 16.5. The molecule has 1 unspecified atom stereocenters. The van der Waals surface area contributed by atoms with E-state index in [2.05, 4.69) is 10.3 Å². The minimum atomic E-state index is -0.277. The fourth-order valence-corrected chi connectivity index (χ4v) is 4.55. The summed E-state index contributed by atoms with van der Waals surface area (Å²) in [6.07, 6.45) is 0.792. The summed E-state index contributed by atoms with van der Waals surface area (Å²) in [5.41, 5.74) is 2.34. The van der Waals surface area contributed by atoms with Gasteiger partial charge in [0.05, 0.1) is 11.8 Å².